The molecule has 1 aromatic rings. The number of benzene rings is 1. The number of nitrogens with one attached hydrogen (secondary N) is 1. The minimum absolute atomic E-state index is 0.0908. The first-order valence-corrected chi connectivity index (χ1v) is 6.90. The van der Waals surface area contributed by atoms with Crippen molar-refractivity contribution < 1.29 is 13.9 Å². The van der Waals surface area contributed by atoms with Crippen LogP contribution in [0.3, 0.4) is 0 Å². The molecule has 0 spiro atoms. The Morgan fingerprint density at radius 1 is 1.53 bits per heavy atom. The van der Waals surface area contributed by atoms with Crippen molar-refractivity contribution in [2.24, 2.45) is 5.92 Å². The zero-order valence-corrected chi connectivity index (χ0v) is 11.6. The highest BCUT2D eigenvalue weighted by Crippen LogP contribution is 2.34. The van der Waals surface area contributed by atoms with Gasteiger partial charge in [-0.1, -0.05) is 6.92 Å². The summed E-state index contributed by atoms with van der Waals surface area (Å²) in [7, 11) is 1.62. The lowest BCUT2D eigenvalue weighted by molar-refractivity contribution is 0.176. The number of hydrogen-bond acceptors (Lipinski definition) is 3. The molecule has 4 heteroatoms. The second kappa shape index (κ2) is 6.87. The first kappa shape index (κ1) is 14.3. The molecule has 0 radical (unpaired) electrons. The van der Waals surface area contributed by atoms with E-state index in [0.29, 0.717) is 5.92 Å². The lowest BCUT2D eigenvalue weighted by Gasteiger charge is -2.26. The molecule has 2 atom stereocenters. The maximum absolute atomic E-state index is 13.5. The number of methoxy groups -OCH3 is 1. The summed E-state index contributed by atoms with van der Waals surface area (Å²) in [5.41, 5.74) is 0.895. The van der Waals surface area contributed by atoms with Gasteiger partial charge < -0.3 is 14.8 Å². The Hall–Kier alpha value is -1.13. The normalized spacial score (nSPS) is 20.5. The van der Waals surface area contributed by atoms with Crippen LogP contribution in [-0.4, -0.2) is 26.9 Å². The number of hydrogen-bond donors (Lipinski definition) is 1. The fourth-order valence-corrected chi connectivity index (χ4v) is 2.59. The average Bonchev–Trinajstić information content (AvgIpc) is 2.93. The SMILES string of the molecule is CCCNC(c1cc(F)ccc1OC)C1CCOC1. The van der Waals surface area contributed by atoms with E-state index in [-0.39, 0.29) is 11.9 Å². The Labute approximate surface area is 114 Å². The van der Waals surface area contributed by atoms with Crippen LogP contribution in [0.25, 0.3) is 0 Å². The summed E-state index contributed by atoms with van der Waals surface area (Å²) < 4.78 is 24.4. The first-order valence-electron chi connectivity index (χ1n) is 6.90. The van der Waals surface area contributed by atoms with Crippen LogP contribution in [0.5, 0.6) is 5.75 Å². The predicted octanol–water partition coefficient (Wildman–Crippen LogP) is 2.91. The van der Waals surface area contributed by atoms with E-state index < -0.39 is 0 Å². The largest absolute Gasteiger partial charge is 0.496 e. The monoisotopic (exact) mass is 267 g/mol. The zero-order valence-electron chi connectivity index (χ0n) is 11.6. The van der Waals surface area contributed by atoms with Gasteiger partial charge in [0.2, 0.25) is 0 Å². The third-order valence-electron chi connectivity index (χ3n) is 3.58. The van der Waals surface area contributed by atoms with Crippen molar-refractivity contribution in [1.29, 1.82) is 0 Å². The van der Waals surface area contributed by atoms with E-state index in [1.807, 2.05) is 0 Å². The van der Waals surface area contributed by atoms with Gasteiger partial charge in [-0.15, -0.1) is 0 Å². The molecule has 0 aliphatic carbocycles. The van der Waals surface area contributed by atoms with Crippen molar-refractivity contribution in [2.75, 3.05) is 26.9 Å². The molecule has 2 unspecified atom stereocenters. The molecular formula is C15H22FNO2. The second-order valence-corrected chi connectivity index (χ2v) is 4.94. The fourth-order valence-electron chi connectivity index (χ4n) is 2.59. The number of rotatable bonds is 6. The minimum Gasteiger partial charge on any atom is -0.496 e. The smallest absolute Gasteiger partial charge is 0.123 e. The molecule has 0 bridgehead atoms. The van der Waals surface area contributed by atoms with E-state index >= 15 is 0 Å². The lowest BCUT2D eigenvalue weighted by Crippen LogP contribution is -2.29. The van der Waals surface area contributed by atoms with Crippen molar-refractivity contribution in [1.82, 2.24) is 5.32 Å². The van der Waals surface area contributed by atoms with Crippen molar-refractivity contribution in [2.45, 2.75) is 25.8 Å². The molecule has 1 saturated heterocycles. The van der Waals surface area contributed by atoms with Gasteiger partial charge in [-0.25, -0.2) is 4.39 Å². The Bertz CT molecular complexity index is 405. The third kappa shape index (κ3) is 3.45. The van der Waals surface area contributed by atoms with Crippen molar-refractivity contribution >= 4 is 0 Å². The molecule has 1 heterocycles. The molecule has 1 fully saturated rings. The summed E-state index contributed by atoms with van der Waals surface area (Å²) in [5.74, 6) is 0.891. The van der Waals surface area contributed by atoms with Crippen LogP contribution in [0.1, 0.15) is 31.4 Å². The number of ether oxygens (including phenoxy) is 2. The molecule has 1 N–H and O–H groups in total. The Kier molecular flexibility index (Phi) is 5.16. The highest BCUT2D eigenvalue weighted by molar-refractivity contribution is 5.37. The van der Waals surface area contributed by atoms with Crippen LogP contribution < -0.4 is 10.1 Å². The van der Waals surface area contributed by atoms with Gasteiger partial charge in [0.25, 0.3) is 0 Å². The second-order valence-electron chi connectivity index (χ2n) is 4.94. The van der Waals surface area contributed by atoms with Gasteiger partial charge in [0, 0.05) is 24.1 Å². The molecule has 2 rings (SSSR count). The van der Waals surface area contributed by atoms with Crippen LogP contribution in [0.2, 0.25) is 0 Å². The van der Waals surface area contributed by atoms with Gasteiger partial charge in [0.05, 0.1) is 13.7 Å². The molecule has 0 aromatic heterocycles. The highest BCUT2D eigenvalue weighted by atomic mass is 19.1. The summed E-state index contributed by atoms with van der Waals surface area (Å²) >= 11 is 0. The molecule has 1 aliphatic rings. The average molecular weight is 267 g/mol. The first-order chi connectivity index (χ1) is 9.26. The minimum atomic E-state index is -0.224. The van der Waals surface area contributed by atoms with Gasteiger partial charge in [-0.3, -0.25) is 0 Å². The van der Waals surface area contributed by atoms with Crippen LogP contribution in [0.15, 0.2) is 18.2 Å². The van der Waals surface area contributed by atoms with Gasteiger partial charge in [0.15, 0.2) is 0 Å². The van der Waals surface area contributed by atoms with Crippen molar-refractivity contribution in [3.63, 3.8) is 0 Å². The highest BCUT2D eigenvalue weighted by Gasteiger charge is 2.28. The van der Waals surface area contributed by atoms with E-state index in [4.69, 9.17) is 9.47 Å². The summed E-state index contributed by atoms with van der Waals surface area (Å²) in [5, 5.41) is 3.50. The van der Waals surface area contributed by atoms with E-state index in [1.165, 1.54) is 6.07 Å². The van der Waals surface area contributed by atoms with Crippen molar-refractivity contribution in [3.05, 3.63) is 29.6 Å². The molecule has 19 heavy (non-hydrogen) atoms. The van der Waals surface area contributed by atoms with E-state index in [0.717, 1.165) is 43.9 Å². The molecule has 0 amide bonds. The molecule has 3 nitrogen and oxygen atoms in total. The van der Waals surface area contributed by atoms with Gasteiger partial charge in [-0.2, -0.15) is 0 Å². The third-order valence-corrected chi connectivity index (χ3v) is 3.58. The van der Waals surface area contributed by atoms with Gasteiger partial charge in [-0.05, 0) is 37.6 Å². The van der Waals surface area contributed by atoms with Crippen LogP contribution >= 0.6 is 0 Å². The standard InChI is InChI=1S/C15H22FNO2/c1-3-7-17-15(11-6-8-19-10-11)13-9-12(16)4-5-14(13)18-2/h4-5,9,11,15,17H,3,6-8,10H2,1-2H3. The van der Waals surface area contributed by atoms with Crippen molar-refractivity contribution in [3.8, 4) is 5.75 Å². The Morgan fingerprint density at radius 3 is 3.00 bits per heavy atom. The fraction of sp³-hybridized carbons (Fsp3) is 0.600. The summed E-state index contributed by atoms with van der Waals surface area (Å²) in [6.45, 7) is 4.53. The van der Waals surface area contributed by atoms with Crippen LogP contribution in [0, 0.1) is 11.7 Å². The van der Waals surface area contributed by atoms with Crippen LogP contribution in [-0.2, 0) is 4.74 Å². The Morgan fingerprint density at radius 2 is 2.37 bits per heavy atom. The van der Waals surface area contributed by atoms with Gasteiger partial charge >= 0.3 is 0 Å². The Balaban J connectivity index is 2.27. The lowest BCUT2D eigenvalue weighted by atomic mass is 9.91. The van der Waals surface area contributed by atoms with E-state index in [9.17, 15) is 4.39 Å². The predicted molar refractivity (Wildman–Crippen MR) is 72.9 cm³/mol. The topological polar surface area (TPSA) is 30.5 Å². The zero-order chi connectivity index (χ0) is 13.7. The number of halogens is 1. The van der Waals surface area contributed by atoms with Gasteiger partial charge in [0.1, 0.15) is 11.6 Å². The molecule has 0 saturated carbocycles. The summed E-state index contributed by atoms with van der Waals surface area (Å²) in [6.07, 6.45) is 2.04. The molecule has 1 aromatic carbocycles. The summed E-state index contributed by atoms with van der Waals surface area (Å²) in [6, 6.07) is 4.80. The maximum atomic E-state index is 13.5. The van der Waals surface area contributed by atoms with Crippen LogP contribution in [0.4, 0.5) is 4.39 Å². The maximum Gasteiger partial charge on any atom is 0.123 e. The molecular weight excluding hydrogens is 245 g/mol. The molecule has 1 aliphatic heterocycles. The van der Waals surface area contributed by atoms with E-state index in [1.54, 1.807) is 19.2 Å². The quantitative estimate of drug-likeness (QED) is 0.859. The van der Waals surface area contributed by atoms with E-state index in [2.05, 4.69) is 12.2 Å². The molecule has 106 valence electrons. The summed E-state index contributed by atoms with van der Waals surface area (Å²) in [4.78, 5) is 0.